The number of ether oxygens (including phenoxy) is 2. The lowest BCUT2D eigenvalue weighted by atomic mass is 10.2. The maximum Gasteiger partial charge on any atom is 0.334 e. The van der Waals surface area contributed by atoms with Crippen LogP contribution in [-0.2, 0) is 14.3 Å². The number of hydrogen-bond acceptors (Lipinski definition) is 5. The molecular weight excluding hydrogens is 276 g/mol. The molecular formula is C14H16N2O5. The number of fused-ring (bicyclic) bond motifs is 1. The first kappa shape index (κ1) is 13.7. The highest BCUT2D eigenvalue weighted by atomic mass is 16.5. The third kappa shape index (κ3) is 2.78. The summed E-state index contributed by atoms with van der Waals surface area (Å²) < 4.78 is 10.8. The fourth-order valence-electron chi connectivity index (χ4n) is 2.45. The molecule has 1 amide bonds. The predicted molar refractivity (Wildman–Crippen MR) is 73.3 cm³/mol. The number of carbonyl (C=O) groups excluding carboxylic acids is 1. The number of amides is 1. The van der Waals surface area contributed by atoms with Crippen LogP contribution in [0.2, 0.25) is 0 Å². The molecule has 0 spiro atoms. The van der Waals surface area contributed by atoms with Crippen molar-refractivity contribution in [2.45, 2.75) is 12.2 Å². The summed E-state index contributed by atoms with van der Waals surface area (Å²) in [7, 11) is 0. The van der Waals surface area contributed by atoms with E-state index in [0.29, 0.717) is 18.8 Å². The highest BCUT2D eigenvalue weighted by Crippen LogP contribution is 2.28. The Labute approximate surface area is 121 Å². The summed E-state index contributed by atoms with van der Waals surface area (Å²) in [5.41, 5.74) is 0.854. The number of rotatable bonds is 2. The van der Waals surface area contributed by atoms with E-state index in [-0.39, 0.29) is 19.1 Å². The third-order valence-corrected chi connectivity index (χ3v) is 3.56. The number of para-hydroxylation sites is 2. The van der Waals surface area contributed by atoms with Crippen molar-refractivity contribution in [3.05, 3.63) is 24.3 Å². The molecule has 0 bridgehead atoms. The van der Waals surface area contributed by atoms with Crippen molar-refractivity contribution in [1.82, 2.24) is 4.90 Å². The van der Waals surface area contributed by atoms with Crippen molar-refractivity contribution in [3.63, 3.8) is 0 Å². The quantitative estimate of drug-likeness (QED) is 0.808. The van der Waals surface area contributed by atoms with Crippen LogP contribution in [0.3, 0.4) is 0 Å². The van der Waals surface area contributed by atoms with Crippen LogP contribution in [0.4, 0.5) is 5.69 Å². The number of carboxylic acids is 1. The van der Waals surface area contributed by atoms with Crippen LogP contribution in [0.15, 0.2) is 24.3 Å². The van der Waals surface area contributed by atoms with Crippen molar-refractivity contribution >= 4 is 17.6 Å². The number of morpholine rings is 1. The number of aliphatic carboxylic acids is 1. The molecule has 7 heteroatoms. The van der Waals surface area contributed by atoms with Gasteiger partial charge in [0, 0.05) is 6.54 Å². The zero-order valence-corrected chi connectivity index (χ0v) is 11.3. The van der Waals surface area contributed by atoms with Gasteiger partial charge in [-0.05, 0) is 12.1 Å². The Morgan fingerprint density at radius 1 is 1.29 bits per heavy atom. The fourth-order valence-corrected chi connectivity index (χ4v) is 2.45. The summed E-state index contributed by atoms with van der Waals surface area (Å²) in [6, 6.07) is 7.39. The fraction of sp³-hybridized carbons (Fsp3) is 0.429. The summed E-state index contributed by atoms with van der Waals surface area (Å²) in [6.07, 6.45) is -1.61. The van der Waals surface area contributed by atoms with E-state index in [1.54, 1.807) is 6.07 Å². The zero-order chi connectivity index (χ0) is 14.8. The van der Waals surface area contributed by atoms with Gasteiger partial charge in [-0.25, -0.2) is 4.79 Å². The van der Waals surface area contributed by atoms with Crippen molar-refractivity contribution in [2.24, 2.45) is 0 Å². The molecule has 7 nitrogen and oxygen atoms in total. The molecule has 2 unspecified atom stereocenters. The molecule has 1 saturated heterocycles. The molecule has 2 aliphatic heterocycles. The minimum atomic E-state index is -1.06. The second kappa shape index (κ2) is 5.61. The van der Waals surface area contributed by atoms with Crippen LogP contribution in [0.5, 0.6) is 5.75 Å². The second-order valence-electron chi connectivity index (χ2n) is 4.97. The number of hydrogen-bond donors (Lipinski definition) is 2. The van der Waals surface area contributed by atoms with Gasteiger partial charge in [-0.15, -0.1) is 0 Å². The molecule has 2 heterocycles. The minimum absolute atomic E-state index is 0.0513. The molecule has 2 aliphatic rings. The van der Waals surface area contributed by atoms with Crippen LogP contribution < -0.4 is 10.1 Å². The van der Waals surface area contributed by atoms with Crippen LogP contribution >= 0.6 is 0 Å². The third-order valence-electron chi connectivity index (χ3n) is 3.56. The van der Waals surface area contributed by atoms with Gasteiger partial charge in [0.05, 0.1) is 25.4 Å². The Balaban J connectivity index is 1.67. The normalized spacial score (nSPS) is 24.5. The number of carbonyl (C=O) groups is 2. The molecule has 2 N–H and O–H groups in total. The van der Waals surface area contributed by atoms with E-state index < -0.39 is 18.2 Å². The summed E-state index contributed by atoms with van der Waals surface area (Å²) in [5.74, 6) is -0.641. The lowest BCUT2D eigenvalue weighted by molar-refractivity contribution is -0.161. The topological polar surface area (TPSA) is 88.1 Å². The number of carboxylic acid groups (broad SMARTS) is 1. The van der Waals surface area contributed by atoms with E-state index in [1.807, 2.05) is 18.2 Å². The van der Waals surface area contributed by atoms with Gasteiger partial charge in [0.1, 0.15) is 5.75 Å². The molecule has 1 aromatic carbocycles. The first-order valence-corrected chi connectivity index (χ1v) is 6.78. The molecule has 0 aromatic heterocycles. The van der Waals surface area contributed by atoms with Crippen molar-refractivity contribution in [2.75, 3.05) is 31.6 Å². The second-order valence-corrected chi connectivity index (χ2v) is 4.97. The average molecular weight is 292 g/mol. The molecule has 21 heavy (non-hydrogen) atoms. The average Bonchev–Trinajstić information content (AvgIpc) is 2.53. The standard InChI is InChI=1S/C14H16N2O5/c17-13(16-5-6-20-12(8-16)14(18)19)11-7-15-9-3-1-2-4-10(9)21-11/h1-4,11-12,15H,5-8H2,(H,18,19). The van der Waals surface area contributed by atoms with Gasteiger partial charge < -0.3 is 24.8 Å². The molecule has 2 atom stereocenters. The van der Waals surface area contributed by atoms with Crippen molar-refractivity contribution in [1.29, 1.82) is 0 Å². The Bertz CT molecular complexity index is 562. The zero-order valence-electron chi connectivity index (χ0n) is 11.3. The number of anilines is 1. The molecule has 3 rings (SSSR count). The maximum absolute atomic E-state index is 12.4. The minimum Gasteiger partial charge on any atom is -0.479 e. The maximum atomic E-state index is 12.4. The van der Waals surface area contributed by atoms with E-state index in [1.165, 1.54) is 4.90 Å². The van der Waals surface area contributed by atoms with E-state index in [2.05, 4.69) is 5.32 Å². The SMILES string of the molecule is O=C(O)C1CN(C(=O)C2CNc3ccccc3O2)CCO1. The smallest absolute Gasteiger partial charge is 0.334 e. The van der Waals surface area contributed by atoms with Gasteiger partial charge in [0.15, 0.2) is 12.2 Å². The number of benzene rings is 1. The molecule has 0 saturated carbocycles. The van der Waals surface area contributed by atoms with Crippen LogP contribution in [-0.4, -0.2) is 60.3 Å². The van der Waals surface area contributed by atoms with Crippen LogP contribution in [0.25, 0.3) is 0 Å². The molecule has 0 radical (unpaired) electrons. The Kier molecular flexibility index (Phi) is 3.66. The van der Waals surface area contributed by atoms with E-state index in [9.17, 15) is 9.59 Å². The highest BCUT2D eigenvalue weighted by Gasteiger charge is 2.34. The highest BCUT2D eigenvalue weighted by molar-refractivity contribution is 5.84. The lowest BCUT2D eigenvalue weighted by Crippen LogP contribution is -2.54. The summed E-state index contributed by atoms with van der Waals surface area (Å²) in [6.45, 7) is 1.02. The molecule has 1 fully saturated rings. The van der Waals surface area contributed by atoms with Gasteiger partial charge in [-0.2, -0.15) is 0 Å². The largest absolute Gasteiger partial charge is 0.479 e. The molecule has 1 aromatic rings. The van der Waals surface area contributed by atoms with Gasteiger partial charge >= 0.3 is 5.97 Å². The van der Waals surface area contributed by atoms with Gasteiger partial charge in [0.2, 0.25) is 0 Å². The van der Waals surface area contributed by atoms with E-state index in [4.69, 9.17) is 14.6 Å². The summed E-state index contributed by atoms with van der Waals surface area (Å²) >= 11 is 0. The molecule has 112 valence electrons. The van der Waals surface area contributed by atoms with Crippen LogP contribution in [0, 0.1) is 0 Å². The summed E-state index contributed by atoms with van der Waals surface area (Å²) in [4.78, 5) is 24.9. The monoisotopic (exact) mass is 292 g/mol. The number of nitrogens with zero attached hydrogens (tertiary/aromatic N) is 1. The number of nitrogens with one attached hydrogen (secondary N) is 1. The Morgan fingerprint density at radius 2 is 2.10 bits per heavy atom. The first-order chi connectivity index (χ1) is 10.1. The van der Waals surface area contributed by atoms with Crippen LogP contribution in [0.1, 0.15) is 0 Å². The van der Waals surface area contributed by atoms with E-state index in [0.717, 1.165) is 5.69 Å². The van der Waals surface area contributed by atoms with Crippen molar-refractivity contribution < 1.29 is 24.2 Å². The first-order valence-electron chi connectivity index (χ1n) is 6.78. The lowest BCUT2D eigenvalue weighted by Gasteiger charge is -2.35. The predicted octanol–water partition coefficient (Wildman–Crippen LogP) is 0.171. The van der Waals surface area contributed by atoms with Gasteiger partial charge in [0.25, 0.3) is 5.91 Å². The van der Waals surface area contributed by atoms with Gasteiger partial charge in [-0.3, -0.25) is 4.79 Å². The van der Waals surface area contributed by atoms with Crippen molar-refractivity contribution in [3.8, 4) is 5.75 Å². The Hall–Kier alpha value is -2.28. The Morgan fingerprint density at radius 3 is 2.90 bits per heavy atom. The summed E-state index contributed by atoms with van der Waals surface area (Å²) in [5, 5.41) is 12.1. The molecule has 0 aliphatic carbocycles. The van der Waals surface area contributed by atoms with E-state index >= 15 is 0 Å². The van der Waals surface area contributed by atoms with Gasteiger partial charge in [-0.1, -0.05) is 12.1 Å².